The van der Waals surface area contributed by atoms with Gasteiger partial charge in [0.15, 0.2) is 5.58 Å². The van der Waals surface area contributed by atoms with Crippen LogP contribution in [0.3, 0.4) is 0 Å². The Balaban J connectivity index is 1.49. The van der Waals surface area contributed by atoms with Gasteiger partial charge >= 0.3 is 5.76 Å². The van der Waals surface area contributed by atoms with Gasteiger partial charge in [-0.15, -0.1) is 0 Å². The molecule has 4 rings (SSSR count). The fraction of sp³-hybridized carbons (Fsp3) is 0.304. The molecule has 0 bridgehead atoms. The van der Waals surface area contributed by atoms with Crippen LogP contribution in [-0.4, -0.2) is 22.7 Å². The number of piperidine rings is 1. The maximum absolute atomic E-state index is 13.0. The highest BCUT2D eigenvalue weighted by Crippen LogP contribution is 2.37. The van der Waals surface area contributed by atoms with Crippen molar-refractivity contribution in [3.8, 4) is 0 Å². The molecule has 1 aromatic heterocycles. The molecule has 1 aliphatic rings. The van der Waals surface area contributed by atoms with Crippen LogP contribution in [0, 0.1) is 0 Å². The zero-order valence-electron chi connectivity index (χ0n) is 17.9. The Labute approximate surface area is 198 Å². The van der Waals surface area contributed by atoms with Crippen molar-refractivity contribution in [2.45, 2.75) is 44.6 Å². The second-order valence-electron chi connectivity index (χ2n) is 8.51. The van der Waals surface area contributed by atoms with E-state index in [1.165, 1.54) is 0 Å². The molecule has 2 heterocycles. The number of carbonyl (C=O) groups is 3. The minimum absolute atomic E-state index is 0.165. The number of benzene rings is 2. The summed E-state index contributed by atoms with van der Waals surface area (Å²) in [5.41, 5.74) is 1.84. The Morgan fingerprint density at radius 3 is 2.52 bits per heavy atom. The van der Waals surface area contributed by atoms with Crippen LogP contribution in [0.5, 0.6) is 0 Å². The first-order valence-corrected chi connectivity index (χ1v) is 11.0. The second kappa shape index (κ2) is 8.68. The first kappa shape index (κ1) is 23.1. The highest BCUT2D eigenvalue weighted by atomic mass is 35.5. The maximum atomic E-state index is 13.0. The monoisotopic (exact) mass is 489 g/mol. The standard InChI is InChI=1S/C23H21Cl2N3O5/c1-23(2,12-3-5-16-17(9-12)33-22(32)27-16)21(31)26-10-11-7-14(24)19(15(25)8-11)13-4-6-18(29)28-20(13)30/h3,5,7-9,13H,4,6,10H2,1-2H3,(H,26,31)(H,27,32)(H,28,29,30). The Bertz CT molecular complexity index is 1320. The molecular weight excluding hydrogens is 469 g/mol. The Kier molecular flexibility index (Phi) is 6.07. The largest absolute Gasteiger partial charge is 0.417 e. The predicted octanol–water partition coefficient (Wildman–Crippen LogP) is 3.54. The Hall–Kier alpha value is -3.10. The normalized spacial score (nSPS) is 16.7. The van der Waals surface area contributed by atoms with Gasteiger partial charge < -0.3 is 9.73 Å². The number of aromatic amines is 1. The summed E-state index contributed by atoms with van der Waals surface area (Å²) in [4.78, 5) is 50.6. The lowest BCUT2D eigenvalue weighted by Crippen LogP contribution is -2.40. The molecule has 10 heteroatoms. The van der Waals surface area contributed by atoms with Gasteiger partial charge in [-0.1, -0.05) is 29.3 Å². The summed E-state index contributed by atoms with van der Waals surface area (Å²) in [5.74, 6) is -2.15. The van der Waals surface area contributed by atoms with E-state index in [-0.39, 0.29) is 24.8 Å². The number of amides is 3. The molecule has 1 atom stereocenters. The molecule has 1 unspecified atom stereocenters. The summed E-state index contributed by atoms with van der Waals surface area (Å²) in [6.07, 6.45) is 0.550. The van der Waals surface area contributed by atoms with E-state index in [0.29, 0.717) is 44.3 Å². The number of H-pyrrole nitrogens is 1. The van der Waals surface area contributed by atoms with Crippen molar-refractivity contribution in [1.29, 1.82) is 0 Å². The first-order valence-electron chi connectivity index (χ1n) is 10.3. The van der Waals surface area contributed by atoms with Gasteiger partial charge in [-0.3, -0.25) is 24.7 Å². The van der Waals surface area contributed by atoms with Crippen molar-refractivity contribution in [1.82, 2.24) is 15.6 Å². The number of nitrogens with one attached hydrogen (secondary N) is 3. The van der Waals surface area contributed by atoms with E-state index >= 15 is 0 Å². The van der Waals surface area contributed by atoms with Gasteiger partial charge in [0, 0.05) is 28.6 Å². The zero-order chi connectivity index (χ0) is 23.9. The highest BCUT2D eigenvalue weighted by molar-refractivity contribution is 6.36. The number of aromatic nitrogens is 1. The number of fused-ring (bicyclic) bond motifs is 1. The maximum Gasteiger partial charge on any atom is 0.417 e. The van der Waals surface area contributed by atoms with Crippen molar-refractivity contribution in [2.75, 3.05) is 0 Å². The minimum Gasteiger partial charge on any atom is -0.408 e. The molecule has 0 aliphatic carbocycles. The van der Waals surface area contributed by atoms with Crippen LogP contribution in [0.4, 0.5) is 0 Å². The average Bonchev–Trinajstić information content (AvgIpc) is 3.12. The van der Waals surface area contributed by atoms with Crippen LogP contribution < -0.4 is 16.4 Å². The van der Waals surface area contributed by atoms with Gasteiger partial charge in [-0.05, 0) is 55.7 Å². The van der Waals surface area contributed by atoms with E-state index in [2.05, 4.69) is 15.6 Å². The zero-order valence-corrected chi connectivity index (χ0v) is 19.4. The third-order valence-electron chi connectivity index (χ3n) is 5.89. The molecule has 3 N–H and O–H groups in total. The van der Waals surface area contributed by atoms with E-state index in [4.69, 9.17) is 27.6 Å². The van der Waals surface area contributed by atoms with E-state index in [1.807, 2.05) is 0 Å². The van der Waals surface area contributed by atoms with Gasteiger partial charge in [-0.2, -0.15) is 0 Å². The third kappa shape index (κ3) is 4.54. The third-order valence-corrected chi connectivity index (χ3v) is 6.52. The van der Waals surface area contributed by atoms with Gasteiger partial charge in [0.2, 0.25) is 17.7 Å². The van der Waals surface area contributed by atoms with Crippen molar-refractivity contribution < 1.29 is 18.8 Å². The predicted molar refractivity (Wildman–Crippen MR) is 123 cm³/mol. The second-order valence-corrected chi connectivity index (χ2v) is 9.32. The molecule has 0 spiro atoms. The fourth-order valence-corrected chi connectivity index (χ4v) is 4.70. The summed E-state index contributed by atoms with van der Waals surface area (Å²) in [6, 6.07) is 8.42. The van der Waals surface area contributed by atoms with Gasteiger partial charge in [0.25, 0.3) is 0 Å². The molecule has 3 aromatic rings. The molecule has 1 saturated heterocycles. The summed E-state index contributed by atoms with van der Waals surface area (Å²) < 4.78 is 5.09. The number of hydrogen-bond donors (Lipinski definition) is 3. The summed E-state index contributed by atoms with van der Waals surface area (Å²) in [5, 5.41) is 5.78. The molecule has 172 valence electrons. The molecule has 33 heavy (non-hydrogen) atoms. The SMILES string of the molecule is CC(C)(C(=O)NCc1cc(Cl)c(C2CCC(=O)NC2=O)c(Cl)c1)c1ccc2[nH]c(=O)oc2c1. The topological polar surface area (TPSA) is 121 Å². The summed E-state index contributed by atoms with van der Waals surface area (Å²) in [6.45, 7) is 3.69. The Morgan fingerprint density at radius 2 is 1.85 bits per heavy atom. The number of hydrogen-bond acceptors (Lipinski definition) is 5. The first-order chi connectivity index (χ1) is 15.6. The molecule has 0 saturated carbocycles. The van der Waals surface area contributed by atoms with Crippen LogP contribution in [0.2, 0.25) is 10.0 Å². The molecular formula is C23H21Cl2N3O5. The molecule has 1 aliphatic heterocycles. The quantitative estimate of drug-likeness (QED) is 0.473. The van der Waals surface area contributed by atoms with Crippen LogP contribution >= 0.6 is 23.2 Å². The molecule has 2 aromatic carbocycles. The Morgan fingerprint density at radius 1 is 1.15 bits per heavy atom. The number of oxazole rings is 1. The summed E-state index contributed by atoms with van der Waals surface area (Å²) in [7, 11) is 0. The van der Waals surface area contributed by atoms with E-state index in [1.54, 1.807) is 44.2 Å². The smallest absolute Gasteiger partial charge is 0.408 e. The summed E-state index contributed by atoms with van der Waals surface area (Å²) >= 11 is 12.9. The number of rotatable bonds is 5. The lowest BCUT2D eigenvalue weighted by molar-refractivity contribution is -0.134. The van der Waals surface area contributed by atoms with E-state index < -0.39 is 23.0 Å². The number of halogens is 2. The lowest BCUT2D eigenvalue weighted by atomic mass is 9.83. The lowest BCUT2D eigenvalue weighted by Gasteiger charge is -2.25. The van der Waals surface area contributed by atoms with Crippen LogP contribution in [-0.2, 0) is 26.3 Å². The van der Waals surface area contributed by atoms with E-state index in [0.717, 1.165) is 0 Å². The number of carbonyl (C=O) groups excluding carboxylic acids is 3. The average molecular weight is 490 g/mol. The molecule has 8 nitrogen and oxygen atoms in total. The van der Waals surface area contributed by atoms with Crippen LogP contribution in [0.15, 0.2) is 39.5 Å². The van der Waals surface area contributed by atoms with Crippen molar-refractivity contribution in [2.24, 2.45) is 0 Å². The fourth-order valence-electron chi connectivity index (χ4n) is 3.91. The van der Waals surface area contributed by atoms with Crippen molar-refractivity contribution in [3.63, 3.8) is 0 Å². The highest BCUT2D eigenvalue weighted by Gasteiger charge is 2.32. The van der Waals surface area contributed by atoms with Crippen molar-refractivity contribution in [3.05, 3.63) is 67.6 Å². The van der Waals surface area contributed by atoms with Crippen LogP contribution in [0.25, 0.3) is 11.1 Å². The minimum atomic E-state index is -0.912. The number of imide groups is 1. The molecule has 1 fully saturated rings. The van der Waals surface area contributed by atoms with Gasteiger partial charge in [0.05, 0.1) is 16.8 Å². The van der Waals surface area contributed by atoms with E-state index in [9.17, 15) is 19.2 Å². The molecule has 3 amide bonds. The molecule has 0 radical (unpaired) electrons. The van der Waals surface area contributed by atoms with Gasteiger partial charge in [-0.25, -0.2) is 4.79 Å². The van der Waals surface area contributed by atoms with Gasteiger partial charge in [0.1, 0.15) is 0 Å². The van der Waals surface area contributed by atoms with Crippen molar-refractivity contribution >= 4 is 52.0 Å². The van der Waals surface area contributed by atoms with Crippen LogP contribution in [0.1, 0.15) is 49.3 Å².